The van der Waals surface area contributed by atoms with E-state index in [1.807, 2.05) is 12.3 Å². The molecule has 0 unspecified atom stereocenters. The van der Waals surface area contributed by atoms with Gasteiger partial charge in [-0.15, -0.1) is 10.2 Å². The number of fused-ring (bicyclic) bond motifs is 1. The van der Waals surface area contributed by atoms with E-state index >= 15 is 0 Å². The number of hydrogen-bond donors (Lipinski definition) is 1. The van der Waals surface area contributed by atoms with E-state index in [1.165, 1.54) is 0 Å². The average Bonchev–Trinajstić information content (AvgIpc) is 2.85. The minimum Gasteiger partial charge on any atom is -0.361 e. The Kier molecular flexibility index (Phi) is 2.49. The maximum Gasteiger partial charge on any atom is 0.152 e. The van der Waals surface area contributed by atoms with E-state index in [4.69, 9.17) is 5.73 Å². The highest BCUT2D eigenvalue weighted by atomic mass is 15.3. The quantitative estimate of drug-likeness (QED) is 0.795. The Morgan fingerprint density at radius 3 is 3.18 bits per heavy atom. The Labute approximate surface area is 99.1 Å². The molecule has 2 N–H and O–H groups in total. The molecule has 6 nitrogen and oxygen atoms in total. The van der Waals surface area contributed by atoms with Gasteiger partial charge in [0.25, 0.3) is 0 Å². The minimum absolute atomic E-state index is 0.529. The highest BCUT2D eigenvalue weighted by molar-refractivity contribution is 5.52. The van der Waals surface area contributed by atoms with Gasteiger partial charge < -0.3 is 15.2 Å². The molecule has 2 aromatic rings. The van der Waals surface area contributed by atoms with Gasteiger partial charge in [0.1, 0.15) is 6.33 Å². The first-order valence-corrected chi connectivity index (χ1v) is 5.63. The van der Waals surface area contributed by atoms with Crippen LogP contribution in [0.2, 0.25) is 0 Å². The van der Waals surface area contributed by atoms with Crippen molar-refractivity contribution in [2.45, 2.75) is 19.6 Å². The van der Waals surface area contributed by atoms with Crippen LogP contribution in [0.1, 0.15) is 11.4 Å². The zero-order valence-corrected chi connectivity index (χ0v) is 9.45. The van der Waals surface area contributed by atoms with Crippen LogP contribution in [0.3, 0.4) is 0 Å². The number of nitrogens with zero attached hydrogens (tertiary/aromatic N) is 5. The number of hydrogen-bond acceptors (Lipinski definition) is 5. The second kappa shape index (κ2) is 4.14. The van der Waals surface area contributed by atoms with Crippen molar-refractivity contribution in [3.8, 4) is 0 Å². The maximum atomic E-state index is 5.74. The van der Waals surface area contributed by atoms with Gasteiger partial charge in [-0.3, -0.25) is 4.98 Å². The van der Waals surface area contributed by atoms with Crippen LogP contribution in [0.15, 0.2) is 24.8 Å². The average molecular weight is 230 g/mol. The first-order valence-electron chi connectivity index (χ1n) is 5.63. The van der Waals surface area contributed by atoms with Crippen molar-refractivity contribution in [3.05, 3.63) is 36.2 Å². The molecule has 0 bridgehead atoms. The fraction of sp³-hybridized carbons (Fsp3) is 0.364. The molecule has 1 aliphatic rings. The molecule has 3 rings (SSSR count). The summed E-state index contributed by atoms with van der Waals surface area (Å²) in [6.07, 6.45) is 5.42. The van der Waals surface area contributed by atoms with Crippen molar-refractivity contribution < 1.29 is 0 Å². The van der Waals surface area contributed by atoms with Crippen LogP contribution in [0.4, 0.5) is 5.69 Å². The van der Waals surface area contributed by atoms with E-state index in [0.29, 0.717) is 6.54 Å². The molecule has 3 heterocycles. The lowest BCUT2D eigenvalue weighted by molar-refractivity contribution is 0.558. The van der Waals surface area contributed by atoms with Gasteiger partial charge in [0, 0.05) is 25.8 Å². The fourth-order valence-corrected chi connectivity index (χ4v) is 2.14. The summed E-state index contributed by atoms with van der Waals surface area (Å²) in [4.78, 5) is 6.42. The van der Waals surface area contributed by atoms with E-state index in [1.54, 1.807) is 12.5 Å². The van der Waals surface area contributed by atoms with E-state index in [0.717, 1.165) is 36.7 Å². The van der Waals surface area contributed by atoms with Gasteiger partial charge in [0.2, 0.25) is 0 Å². The molecule has 0 amide bonds. The molecule has 0 spiro atoms. The van der Waals surface area contributed by atoms with Crippen molar-refractivity contribution in [1.82, 2.24) is 19.7 Å². The number of anilines is 1. The van der Waals surface area contributed by atoms with Crippen LogP contribution in [0.5, 0.6) is 0 Å². The number of aromatic nitrogens is 4. The van der Waals surface area contributed by atoms with Crippen molar-refractivity contribution in [3.63, 3.8) is 0 Å². The molecule has 2 aromatic heterocycles. The Morgan fingerprint density at radius 2 is 2.29 bits per heavy atom. The molecular formula is C11H14N6. The highest BCUT2D eigenvalue weighted by Gasteiger charge is 2.19. The Hall–Kier alpha value is -1.95. The smallest absolute Gasteiger partial charge is 0.152 e. The highest BCUT2D eigenvalue weighted by Crippen LogP contribution is 2.22. The Bertz CT molecular complexity index is 520. The third-order valence-electron chi connectivity index (χ3n) is 3.09. The van der Waals surface area contributed by atoms with Gasteiger partial charge in [0.15, 0.2) is 5.82 Å². The van der Waals surface area contributed by atoms with Gasteiger partial charge in [-0.2, -0.15) is 0 Å². The van der Waals surface area contributed by atoms with Gasteiger partial charge >= 0.3 is 0 Å². The SMILES string of the molecule is NCc1ccncc1N1CCn2cnnc2C1. The molecule has 0 fully saturated rings. The number of rotatable bonds is 2. The largest absolute Gasteiger partial charge is 0.361 e. The van der Waals surface area contributed by atoms with Crippen LogP contribution < -0.4 is 10.6 Å². The second-order valence-corrected chi connectivity index (χ2v) is 4.07. The molecular weight excluding hydrogens is 216 g/mol. The topological polar surface area (TPSA) is 72.9 Å². The lowest BCUT2D eigenvalue weighted by Gasteiger charge is -2.30. The summed E-state index contributed by atoms with van der Waals surface area (Å²) in [5.74, 6) is 0.989. The fourth-order valence-electron chi connectivity index (χ4n) is 2.14. The summed E-state index contributed by atoms with van der Waals surface area (Å²) >= 11 is 0. The summed E-state index contributed by atoms with van der Waals surface area (Å²) in [6, 6.07) is 1.97. The summed E-state index contributed by atoms with van der Waals surface area (Å²) in [5.41, 5.74) is 7.96. The van der Waals surface area contributed by atoms with E-state index in [2.05, 4.69) is 24.6 Å². The van der Waals surface area contributed by atoms with E-state index < -0.39 is 0 Å². The van der Waals surface area contributed by atoms with Crippen molar-refractivity contribution in [2.75, 3.05) is 11.4 Å². The van der Waals surface area contributed by atoms with Crippen LogP contribution in [-0.4, -0.2) is 26.3 Å². The standard InChI is InChI=1S/C11H14N6/c12-5-9-1-2-13-6-10(9)16-3-4-17-8-14-15-11(17)7-16/h1-2,6,8H,3-5,7,12H2. The van der Waals surface area contributed by atoms with Gasteiger partial charge in [-0.25, -0.2) is 0 Å². The minimum atomic E-state index is 0.529. The Morgan fingerprint density at radius 1 is 1.35 bits per heavy atom. The molecule has 0 saturated carbocycles. The molecule has 17 heavy (non-hydrogen) atoms. The molecule has 0 atom stereocenters. The van der Waals surface area contributed by atoms with E-state index in [-0.39, 0.29) is 0 Å². The van der Waals surface area contributed by atoms with Crippen LogP contribution in [-0.2, 0) is 19.6 Å². The molecule has 0 aliphatic carbocycles. The Balaban J connectivity index is 1.91. The zero-order chi connectivity index (χ0) is 11.7. The lowest BCUT2D eigenvalue weighted by Crippen LogP contribution is -2.34. The molecule has 88 valence electrons. The third kappa shape index (κ3) is 1.76. The van der Waals surface area contributed by atoms with Gasteiger partial charge in [-0.1, -0.05) is 0 Å². The molecule has 0 radical (unpaired) electrons. The van der Waals surface area contributed by atoms with Crippen molar-refractivity contribution >= 4 is 5.69 Å². The number of pyridine rings is 1. The van der Waals surface area contributed by atoms with Crippen molar-refractivity contribution in [1.29, 1.82) is 0 Å². The first kappa shape index (κ1) is 10.2. The monoisotopic (exact) mass is 230 g/mol. The predicted octanol–water partition coefficient (Wildman–Crippen LogP) is 0.152. The van der Waals surface area contributed by atoms with Gasteiger partial charge in [-0.05, 0) is 11.6 Å². The third-order valence-corrected chi connectivity index (χ3v) is 3.09. The normalized spacial score (nSPS) is 14.8. The molecule has 1 aliphatic heterocycles. The summed E-state index contributed by atoms with van der Waals surface area (Å²) in [5, 5.41) is 8.03. The van der Waals surface area contributed by atoms with Crippen LogP contribution in [0, 0.1) is 0 Å². The number of nitrogens with two attached hydrogens (primary N) is 1. The van der Waals surface area contributed by atoms with Crippen molar-refractivity contribution in [2.24, 2.45) is 5.73 Å². The summed E-state index contributed by atoms with van der Waals surface area (Å²) in [6.45, 7) is 3.13. The summed E-state index contributed by atoms with van der Waals surface area (Å²) < 4.78 is 2.08. The zero-order valence-electron chi connectivity index (χ0n) is 9.45. The van der Waals surface area contributed by atoms with Gasteiger partial charge in [0.05, 0.1) is 18.4 Å². The maximum absolute atomic E-state index is 5.74. The summed E-state index contributed by atoms with van der Waals surface area (Å²) in [7, 11) is 0. The van der Waals surface area contributed by atoms with Crippen LogP contribution in [0.25, 0.3) is 0 Å². The molecule has 6 heteroatoms. The van der Waals surface area contributed by atoms with E-state index in [9.17, 15) is 0 Å². The lowest BCUT2D eigenvalue weighted by atomic mass is 10.2. The first-order chi connectivity index (χ1) is 8.38. The molecule has 0 saturated heterocycles. The predicted molar refractivity (Wildman–Crippen MR) is 63.2 cm³/mol. The van der Waals surface area contributed by atoms with Crippen LogP contribution >= 0.6 is 0 Å². The molecule has 0 aromatic carbocycles. The second-order valence-electron chi connectivity index (χ2n) is 4.07.